The molecule has 1 aliphatic heterocycles. The molecule has 1 heterocycles. The number of carbonyl (C=O) groups excluding carboxylic acids is 1. The number of aliphatic imine (C=N–C) groups is 1. The van der Waals surface area contributed by atoms with E-state index in [0.717, 1.165) is 35.7 Å². The lowest BCUT2D eigenvalue weighted by Crippen LogP contribution is -2.44. The van der Waals surface area contributed by atoms with Gasteiger partial charge >= 0.3 is 0 Å². The van der Waals surface area contributed by atoms with Gasteiger partial charge in [0.05, 0.1) is 24.3 Å². The Labute approximate surface area is 207 Å². The van der Waals surface area contributed by atoms with Crippen LogP contribution in [0.5, 0.6) is 11.5 Å². The molecule has 2 atom stereocenters. The second-order valence-corrected chi connectivity index (χ2v) is 10.5. The van der Waals surface area contributed by atoms with E-state index >= 15 is 0 Å². The number of para-hydroxylation sites is 1. The molecular formula is C28H34N2O3S. The lowest BCUT2D eigenvalue weighted by molar-refractivity contribution is -0.124. The van der Waals surface area contributed by atoms with Gasteiger partial charge < -0.3 is 9.47 Å². The Balaban J connectivity index is 1.65. The van der Waals surface area contributed by atoms with Crippen LogP contribution in [0.1, 0.15) is 52.0 Å². The van der Waals surface area contributed by atoms with Gasteiger partial charge in [0.2, 0.25) is 0 Å². The van der Waals surface area contributed by atoms with E-state index < -0.39 is 0 Å². The van der Waals surface area contributed by atoms with Gasteiger partial charge in [0.25, 0.3) is 5.91 Å². The maximum absolute atomic E-state index is 13.7. The molecule has 1 aliphatic carbocycles. The van der Waals surface area contributed by atoms with Crippen molar-refractivity contribution >= 4 is 34.6 Å². The van der Waals surface area contributed by atoms with Gasteiger partial charge in [-0.05, 0) is 72.3 Å². The lowest BCUT2D eigenvalue weighted by atomic mass is 9.85. The van der Waals surface area contributed by atoms with Crippen molar-refractivity contribution in [2.45, 2.75) is 52.5 Å². The van der Waals surface area contributed by atoms with Gasteiger partial charge in [0, 0.05) is 6.04 Å². The highest BCUT2D eigenvalue weighted by Gasteiger charge is 2.41. The van der Waals surface area contributed by atoms with E-state index in [1.54, 1.807) is 7.11 Å². The fourth-order valence-corrected chi connectivity index (χ4v) is 5.50. The molecule has 1 amide bonds. The lowest BCUT2D eigenvalue weighted by Gasteiger charge is -2.35. The average Bonchev–Trinajstić information content (AvgIpc) is 3.13. The molecule has 0 bridgehead atoms. The fraction of sp³-hybridized carbons (Fsp3) is 0.429. The largest absolute Gasteiger partial charge is 0.493 e. The molecule has 0 spiro atoms. The third-order valence-corrected chi connectivity index (χ3v) is 7.26. The van der Waals surface area contributed by atoms with Crippen LogP contribution in [-0.4, -0.2) is 35.7 Å². The second kappa shape index (κ2) is 11.1. The highest BCUT2D eigenvalue weighted by Crippen LogP contribution is 2.40. The highest BCUT2D eigenvalue weighted by molar-refractivity contribution is 8.18. The van der Waals surface area contributed by atoms with Crippen molar-refractivity contribution in [1.82, 2.24) is 4.90 Å². The van der Waals surface area contributed by atoms with E-state index in [1.165, 1.54) is 18.2 Å². The molecule has 4 rings (SSSR count). The molecule has 0 unspecified atom stereocenters. The number of rotatable bonds is 7. The Morgan fingerprint density at radius 2 is 1.88 bits per heavy atom. The molecule has 0 aromatic heterocycles. The summed E-state index contributed by atoms with van der Waals surface area (Å²) in [6.07, 6.45) is 6.48. The number of thioether (sulfide) groups is 1. The maximum Gasteiger partial charge on any atom is 0.267 e. The Kier molecular flexibility index (Phi) is 7.99. The smallest absolute Gasteiger partial charge is 0.267 e. The minimum absolute atomic E-state index is 0.0394. The van der Waals surface area contributed by atoms with Gasteiger partial charge in [-0.3, -0.25) is 9.69 Å². The van der Waals surface area contributed by atoms with Gasteiger partial charge in [-0.25, -0.2) is 4.99 Å². The summed E-state index contributed by atoms with van der Waals surface area (Å²) in [5.74, 6) is 2.30. The summed E-state index contributed by atoms with van der Waals surface area (Å²) in [5, 5.41) is 0.769. The fourth-order valence-electron chi connectivity index (χ4n) is 4.45. The summed E-state index contributed by atoms with van der Waals surface area (Å²) in [6, 6.07) is 15.9. The first-order chi connectivity index (χ1) is 16.5. The van der Waals surface area contributed by atoms with Crippen LogP contribution in [0.25, 0.3) is 6.08 Å². The Morgan fingerprint density at radius 1 is 1.12 bits per heavy atom. The number of ether oxygens (including phenoxy) is 2. The van der Waals surface area contributed by atoms with Crippen molar-refractivity contribution in [3.63, 3.8) is 0 Å². The predicted molar refractivity (Wildman–Crippen MR) is 141 cm³/mol. The summed E-state index contributed by atoms with van der Waals surface area (Å²) in [5.41, 5.74) is 1.77. The zero-order chi connectivity index (χ0) is 24.1. The minimum atomic E-state index is 0.0394. The topological polar surface area (TPSA) is 51.1 Å². The van der Waals surface area contributed by atoms with Crippen molar-refractivity contribution in [2.75, 3.05) is 13.7 Å². The van der Waals surface area contributed by atoms with Crippen LogP contribution in [0.2, 0.25) is 0 Å². The van der Waals surface area contributed by atoms with E-state index in [-0.39, 0.29) is 11.9 Å². The number of hydrogen-bond donors (Lipinski definition) is 0. The van der Waals surface area contributed by atoms with Crippen LogP contribution < -0.4 is 9.47 Å². The summed E-state index contributed by atoms with van der Waals surface area (Å²) >= 11 is 1.46. The maximum atomic E-state index is 13.7. The zero-order valence-corrected chi connectivity index (χ0v) is 21.3. The zero-order valence-electron chi connectivity index (χ0n) is 20.5. The number of amides is 1. The monoisotopic (exact) mass is 478 g/mol. The van der Waals surface area contributed by atoms with E-state index in [2.05, 4.69) is 20.8 Å². The number of carbonyl (C=O) groups is 1. The molecule has 2 aromatic rings. The van der Waals surface area contributed by atoms with Crippen molar-refractivity contribution in [3.05, 3.63) is 59.0 Å². The van der Waals surface area contributed by atoms with E-state index in [0.29, 0.717) is 34.8 Å². The van der Waals surface area contributed by atoms with Gasteiger partial charge in [-0.1, -0.05) is 57.9 Å². The highest BCUT2D eigenvalue weighted by atomic mass is 32.2. The van der Waals surface area contributed by atoms with Crippen LogP contribution in [0.3, 0.4) is 0 Å². The van der Waals surface area contributed by atoms with Crippen molar-refractivity contribution in [1.29, 1.82) is 0 Å². The number of benzene rings is 2. The average molecular weight is 479 g/mol. The molecule has 2 fully saturated rings. The standard InChI is InChI=1S/C28H34N2O3S/c1-19(2)18-33-24-15-14-21(16-25(24)32-4)17-26-27(31)30(23-13-9-8-10-20(23)3)28(34-26)29-22-11-6-5-7-12-22/h5-7,11-12,14-17,19-20,23H,8-10,13,18H2,1-4H3/b26-17-,29-28?/t20-,23+/m1/s1. The first-order valence-electron chi connectivity index (χ1n) is 12.1. The minimum Gasteiger partial charge on any atom is -0.493 e. The van der Waals surface area contributed by atoms with Gasteiger partial charge in [0.15, 0.2) is 16.7 Å². The quantitative estimate of drug-likeness (QED) is 0.406. The molecule has 1 saturated carbocycles. The molecule has 0 radical (unpaired) electrons. The number of hydrogen-bond acceptors (Lipinski definition) is 5. The third kappa shape index (κ3) is 5.66. The normalized spacial score (nSPS) is 23.2. The van der Waals surface area contributed by atoms with Crippen LogP contribution in [0.4, 0.5) is 5.69 Å². The van der Waals surface area contributed by atoms with E-state index in [1.807, 2.05) is 59.5 Å². The molecule has 0 N–H and O–H groups in total. The molecule has 2 aliphatic rings. The first-order valence-corrected chi connectivity index (χ1v) is 13.0. The molecule has 2 aromatic carbocycles. The van der Waals surface area contributed by atoms with Crippen LogP contribution >= 0.6 is 11.8 Å². The van der Waals surface area contributed by atoms with Crippen molar-refractivity contribution in [3.8, 4) is 11.5 Å². The number of nitrogens with zero attached hydrogens (tertiary/aromatic N) is 2. The molecular weight excluding hydrogens is 444 g/mol. The second-order valence-electron chi connectivity index (χ2n) is 9.46. The molecule has 1 saturated heterocycles. The van der Waals surface area contributed by atoms with Gasteiger partial charge in [-0.2, -0.15) is 0 Å². The van der Waals surface area contributed by atoms with E-state index in [9.17, 15) is 4.79 Å². The van der Waals surface area contributed by atoms with Crippen molar-refractivity contribution < 1.29 is 14.3 Å². The Morgan fingerprint density at radius 3 is 2.59 bits per heavy atom. The first kappa shape index (κ1) is 24.4. The van der Waals surface area contributed by atoms with Crippen LogP contribution in [0.15, 0.2) is 58.4 Å². The van der Waals surface area contributed by atoms with E-state index in [4.69, 9.17) is 14.5 Å². The van der Waals surface area contributed by atoms with Crippen molar-refractivity contribution in [2.24, 2.45) is 16.8 Å². The summed E-state index contributed by atoms with van der Waals surface area (Å²) < 4.78 is 11.4. The molecule has 180 valence electrons. The van der Waals surface area contributed by atoms with Gasteiger partial charge in [0.1, 0.15) is 0 Å². The summed E-state index contributed by atoms with van der Waals surface area (Å²) in [7, 11) is 1.64. The van der Waals surface area contributed by atoms with Crippen LogP contribution in [0, 0.1) is 11.8 Å². The SMILES string of the molecule is COc1cc(/C=C2\SC(=Nc3ccccc3)N([C@H]3CCCC[C@H]3C)C2=O)ccc1OCC(C)C. The molecule has 5 nitrogen and oxygen atoms in total. The molecule has 6 heteroatoms. The summed E-state index contributed by atoms with van der Waals surface area (Å²) in [6.45, 7) is 7.10. The Bertz CT molecular complexity index is 1060. The predicted octanol–water partition coefficient (Wildman–Crippen LogP) is 6.91. The van der Waals surface area contributed by atoms with Gasteiger partial charge in [-0.15, -0.1) is 0 Å². The Hall–Kier alpha value is -2.73. The third-order valence-electron chi connectivity index (χ3n) is 6.27. The van der Waals surface area contributed by atoms with Crippen LogP contribution in [-0.2, 0) is 4.79 Å². The molecule has 34 heavy (non-hydrogen) atoms. The number of methoxy groups -OCH3 is 1. The summed E-state index contributed by atoms with van der Waals surface area (Å²) in [4.78, 5) is 21.2. The number of amidine groups is 1.